The van der Waals surface area contributed by atoms with Gasteiger partial charge in [-0.2, -0.15) is 0 Å². The van der Waals surface area contributed by atoms with Crippen molar-refractivity contribution in [1.82, 2.24) is 19.4 Å². The van der Waals surface area contributed by atoms with Gasteiger partial charge < -0.3 is 14.4 Å². The molecule has 0 saturated carbocycles. The molecule has 0 fully saturated rings. The minimum atomic E-state index is -0.501. The van der Waals surface area contributed by atoms with Gasteiger partial charge in [0.25, 0.3) is 5.69 Å². The molecule has 0 aliphatic carbocycles. The van der Waals surface area contributed by atoms with Crippen LogP contribution in [0.3, 0.4) is 0 Å². The molecule has 1 radical (unpaired) electrons. The third kappa shape index (κ3) is 1.54. The molecule has 0 aliphatic heterocycles. The van der Waals surface area contributed by atoms with Gasteiger partial charge in [0.1, 0.15) is 0 Å². The average molecular weight is 224 g/mol. The van der Waals surface area contributed by atoms with Crippen molar-refractivity contribution in [2.24, 2.45) is 0 Å². The third-order valence-electron chi connectivity index (χ3n) is 1.14. The van der Waals surface area contributed by atoms with E-state index in [0.29, 0.717) is 5.78 Å². The van der Waals surface area contributed by atoms with Crippen molar-refractivity contribution in [3.63, 3.8) is 0 Å². The summed E-state index contributed by atoms with van der Waals surface area (Å²) in [5, 5.41) is 0. The van der Waals surface area contributed by atoms with E-state index in [2.05, 4.69) is 15.0 Å². The molecule has 0 aliphatic rings. The van der Waals surface area contributed by atoms with E-state index >= 15 is 0 Å². The molecular formula is C5H3N4OY-. The van der Waals surface area contributed by atoms with E-state index in [0.717, 1.165) is 0 Å². The van der Waals surface area contributed by atoms with E-state index in [9.17, 15) is 4.79 Å². The van der Waals surface area contributed by atoms with Gasteiger partial charge in [-0.25, -0.2) is 4.98 Å². The molecule has 2 aromatic rings. The van der Waals surface area contributed by atoms with Gasteiger partial charge in [-0.1, -0.05) is 0 Å². The van der Waals surface area contributed by atoms with Gasteiger partial charge >= 0.3 is 0 Å². The molecule has 0 atom stereocenters. The quantitative estimate of drug-likeness (QED) is 0.578. The fourth-order valence-corrected chi connectivity index (χ4v) is 0.708. The topological polar surface area (TPSA) is 61.4 Å². The minimum Gasteiger partial charge on any atom is -0.366 e. The first-order valence-corrected chi connectivity index (χ1v) is 2.69. The maximum Gasteiger partial charge on any atom is 0.298 e. The standard InChI is InChI=1S/C5H4N4O.Y/c10-5-7-3-9-2-1-6-4(9)8-5;/h1-3H,(H,6,8,10);/p-1. The molecule has 0 unspecified atom stereocenters. The van der Waals surface area contributed by atoms with E-state index in [1.165, 1.54) is 6.33 Å². The molecule has 0 bridgehead atoms. The number of hydrogen-bond acceptors (Lipinski definition) is 3. The van der Waals surface area contributed by atoms with Gasteiger partial charge in [0.15, 0.2) is 0 Å². The molecule has 0 aromatic carbocycles. The summed E-state index contributed by atoms with van der Waals surface area (Å²) in [6.45, 7) is 0. The molecule has 0 N–H and O–H groups in total. The first-order chi connectivity index (χ1) is 4.86. The number of nitrogens with zero attached hydrogens (tertiary/aromatic N) is 4. The van der Waals surface area contributed by atoms with Gasteiger partial charge in [0, 0.05) is 44.8 Å². The minimum absolute atomic E-state index is 0. The van der Waals surface area contributed by atoms with E-state index in [1.807, 2.05) is 0 Å². The van der Waals surface area contributed by atoms with Gasteiger partial charge in [-0.3, -0.25) is 4.79 Å². The molecule has 2 aromatic heterocycles. The molecular weight excluding hydrogens is 221 g/mol. The van der Waals surface area contributed by atoms with Crippen LogP contribution in [0.4, 0.5) is 0 Å². The number of rotatable bonds is 0. The van der Waals surface area contributed by atoms with Crippen LogP contribution in [0.1, 0.15) is 0 Å². The van der Waals surface area contributed by atoms with Crippen molar-refractivity contribution in [2.45, 2.75) is 0 Å². The summed E-state index contributed by atoms with van der Waals surface area (Å²) in [4.78, 5) is 21.3. The molecule has 2 heterocycles. The van der Waals surface area contributed by atoms with Crippen LogP contribution in [0, 0.1) is 0 Å². The predicted octanol–water partition coefficient (Wildman–Crippen LogP) is -0.956. The van der Waals surface area contributed by atoms with Crippen LogP contribution in [0.2, 0.25) is 0 Å². The summed E-state index contributed by atoms with van der Waals surface area (Å²) in [6, 6.07) is 0. The Morgan fingerprint density at radius 3 is 3.18 bits per heavy atom. The summed E-state index contributed by atoms with van der Waals surface area (Å²) in [5.41, 5.74) is -0.501. The Morgan fingerprint density at radius 2 is 2.36 bits per heavy atom. The first-order valence-electron chi connectivity index (χ1n) is 2.69. The van der Waals surface area contributed by atoms with Crippen molar-refractivity contribution < 1.29 is 32.7 Å². The normalized spacial score (nSPS) is 9.45. The van der Waals surface area contributed by atoms with Crippen LogP contribution in [-0.2, 0) is 32.7 Å². The van der Waals surface area contributed by atoms with Crippen LogP contribution >= 0.6 is 0 Å². The Kier molecular flexibility index (Phi) is 2.51. The molecule has 6 heteroatoms. The molecule has 11 heavy (non-hydrogen) atoms. The second-order valence-corrected chi connectivity index (χ2v) is 1.77. The largest absolute Gasteiger partial charge is 0.366 e. The van der Waals surface area contributed by atoms with Crippen molar-refractivity contribution in [1.29, 1.82) is 0 Å². The zero-order valence-corrected chi connectivity index (χ0v) is 8.34. The monoisotopic (exact) mass is 224 g/mol. The fraction of sp³-hybridized carbons (Fsp3) is 0. The Bertz CT molecular complexity index is 406. The van der Waals surface area contributed by atoms with Crippen molar-refractivity contribution in [2.75, 3.05) is 0 Å². The van der Waals surface area contributed by atoms with Crippen LogP contribution in [0.5, 0.6) is 0 Å². The van der Waals surface area contributed by atoms with Gasteiger partial charge in [0.2, 0.25) is 0 Å². The van der Waals surface area contributed by atoms with Gasteiger partial charge in [-0.15, -0.1) is 0 Å². The Labute approximate surface area is 86.8 Å². The van der Waals surface area contributed by atoms with E-state index < -0.39 is 5.69 Å². The summed E-state index contributed by atoms with van der Waals surface area (Å²) >= 11 is 0. The van der Waals surface area contributed by atoms with Crippen molar-refractivity contribution in [3.8, 4) is 0 Å². The zero-order chi connectivity index (χ0) is 6.97. The fourth-order valence-electron chi connectivity index (χ4n) is 0.708. The third-order valence-corrected chi connectivity index (χ3v) is 1.14. The van der Waals surface area contributed by atoms with Crippen LogP contribution < -0.4 is 10.7 Å². The van der Waals surface area contributed by atoms with Crippen LogP contribution in [0.15, 0.2) is 23.5 Å². The van der Waals surface area contributed by atoms with Gasteiger partial charge in [0.05, 0.1) is 0 Å². The van der Waals surface area contributed by atoms with Crippen molar-refractivity contribution in [3.05, 3.63) is 29.2 Å². The van der Waals surface area contributed by atoms with Crippen LogP contribution in [-0.4, -0.2) is 14.4 Å². The maximum atomic E-state index is 10.5. The molecule has 53 valence electrons. The Morgan fingerprint density at radius 1 is 1.55 bits per heavy atom. The Balaban J connectivity index is 0.000000605. The second kappa shape index (κ2) is 3.23. The molecule has 0 spiro atoms. The Hall–Kier alpha value is -0.546. The number of fused-ring (bicyclic) bond motifs is 1. The summed E-state index contributed by atoms with van der Waals surface area (Å²) in [7, 11) is 0. The van der Waals surface area contributed by atoms with E-state index in [4.69, 9.17) is 0 Å². The zero-order valence-electron chi connectivity index (χ0n) is 5.51. The second-order valence-electron chi connectivity index (χ2n) is 1.77. The molecule has 5 nitrogen and oxygen atoms in total. The molecule has 0 amide bonds. The number of aromatic nitrogens is 4. The SMILES string of the molecule is O=c1ncn2cc[n-]c2n1.[Y]. The maximum absolute atomic E-state index is 10.5. The van der Waals surface area contributed by atoms with Gasteiger partial charge in [-0.05, 0) is 12.4 Å². The van der Waals surface area contributed by atoms with E-state index in [-0.39, 0.29) is 32.7 Å². The molecule has 2 rings (SSSR count). The smallest absolute Gasteiger partial charge is 0.298 e. The average Bonchev–Trinajstić information content (AvgIpc) is 2.33. The summed E-state index contributed by atoms with van der Waals surface area (Å²) in [5.74, 6) is 0.389. The summed E-state index contributed by atoms with van der Waals surface area (Å²) < 4.78 is 1.57. The summed E-state index contributed by atoms with van der Waals surface area (Å²) in [6.07, 6.45) is 4.62. The molecule has 0 saturated heterocycles. The number of imidazole rings is 1. The predicted molar refractivity (Wildman–Crippen MR) is 32.6 cm³/mol. The van der Waals surface area contributed by atoms with Crippen molar-refractivity contribution >= 4 is 5.78 Å². The van der Waals surface area contributed by atoms with E-state index in [1.54, 1.807) is 16.8 Å². The first kappa shape index (κ1) is 8.55. The van der Waals surface area contributed by atoms with Crippen LogP contribution in [0.25, 0.3) is 5.78 Å². The number of hydrogen-bond donors (Lipinski definition) is 0.